The van der Waals surface area contributed by atoms with Crippen LogP contribution < -0.4 is 4.72 Å². The van der Waals surface area contributed by atoms with Crippen molar-refractivity contribution in [1.82, 2.24) is 9.03 Å². The molecule has 21 heavy (non-hydrogen) atoms. The van der Waals surface area contributed by atoms with E-state index in [0.29, 0.717) is 0 Å². The van der Waals surface area contributed by atoms with Gasteiger partial charge in [0.15, 0.2) is 0 Å². The lowest BCUT2D eigenvalue weighted by atomic mass is 10.4. The Morgan fingerprint density at radius 1 is 1.14 bits per heavy atom. The molecule has 2 N–H and O–H groups in total. The molecule has 118 valence electrons. The second-order valence-electron chi connectivity index (χ2n) is 4.42. The number of nitrogens with zero attached hydrogens (tertiary/aromatic N) is 1. The third-order valence-corrected chi connectivity index (χ3v) is 6.20. The molecule has 0 fully saturated rings. The second-order valence-corrected chi connectivity index (χ2v) is 8.22. The van der Waals surface area contributed by atoms with Crippen LogP contribution in [0.15, 0.2) is 34.1 Å². The summed E-state index contributed by atoms with van der Waals surface area (Å²) in [6.45, 7) is 1.14. The maximum Gasteiger partial charge on any atom is 0.321 e. The average molecular weight is 336 g/mol. The zero-order valence-electron chi connectivity index (χ0n) is 11.6. The van der Waals surface area contributed by atoms with Crippen LogP contribution >= 0.6 is 0 Å². The van der Waals surface area contributed by atoms with E-state index in [4.69, 9.17) is 5.11 Å². The highest BCUT2D eigenvalue weighted by Gasteiger charge is 2.29. The van der Waals surface area contributed by atoms with E-state index in [1.54, 1.807) is 0 Å². The van der Waals surface area contributed by atoms with Crippen LogP contribution in [-0.4, -0.2) is 52.4 Å². The predicted octanol–water partition coefficient (Wildman–Crippen LogP) is -0.312. The lowest BCUT2D eigenvalue weighted by Gasteiger charge is -2.16. The third kappa shape index (κ3) is 3.79. The van der Waals surface area contributed by atoms with E-state index in [0.717, 1.165) is 23.4 Å². The van der Waals surface area contributed by atoms with Gasteiger partial charge in [-0.15, -0.1) is 0 Å². The van der Waals surface area contributed by atoms with Crippen molar-refractivity contribution in [3.05, 3.63) is 24.3 Å². The molecule has 0 saturated carbocycles. The molecule has 1 atom stereocenters. The van der Waals surface area contributed by atoms with Gasteiger partial charge in [0, 0.05) is 14.1 Å². The van der Waals surface area contributed by atoms with E-state index >= 15 is 0 Å². The molecular weight excluding hydrogens is 320 g/mol. The summed E-state index contributed by atoms with van der Waals surface area (Å²) in [6, 6.07) is 3.61. The number of carbonyl (C=O) groups is 1. The van der Waals surface area contributed by atoms with Gasteiger partial charge in [-0.05, 0) is 19.1 Å². The minimum Gasteiger partial charge on any atom is -0.480 e. The summed E-state index contributed by atoms with van der Waals surface area (Å²) in [6.07, 6.45) is 0. The smallest absolute Gasteiger partial charge is 0.321 e. The topological polar surface area (TPSA) is 121 Å². The first-order chi connectivity index (χ1) is 9.50. The van der Waals surface area contributed by atoms with Gasteiger partial charge >= 0.3 is 5.97 Å². The summed E-state index contributed by atoms with van der Waals surface area (Å²) in [4.78, 5) is 9.83. The van der Waals surface area contributed by atoms with E-state index < -0.39 is 41.8 Å². The van der Waals surface area contributed by atoms with E-state index in [-0.39, 0.29) is 0 Å². The molecule has 0 amide bonds. The number of benzene rings is 1. The largest absolute Gasteiger partial charge is 0.480 e. The number of rotatable bonds is 6. The summed E-state index contributed by atoms with van der Waals surface area (Å²) in [5.74, 6) is -1.37. The zero-order valence-corrected chi connectivity index (χ0v) is 13.3. The lowest BCUT2D eigenvalue weighted by molar-refractivity contribution is -0.138. The highest BCUT2D eigenvalue weighted by Crippen LogP contribution is 2.22. The number of carboxylic acid groups (broad SMARTS) is 1. The Kier molecular flexibility index (Phi) is 5.10. The normalized spacial score (nSPS) is 14.1. The molecule has 10 heteroatoms. The molecule has 0 aliphatic carbocycles. The fourth-order valence-corrected chi connectivity index (χ4v) is 4.32. The van der Waals surface area contributed by atoms with Crippen molar-refractivity contribution < 1.29 is 26.7 Å². The van der Waals surface area contributed by atoms with Gasteiger partial charge in [-0.1, -0.05) is 12.1 Å². The molecule has 0 saturated heterocycles. The Bertz CT molecular complexity index is 740. The van der Waals surface area contributed by atoms with Crippen LogP contribution in [0.5, 0.6) is 0 Å². The molecular formula is C11H16N2O6S2. The number of sulfonamides is 2. The molecule has 0 aromatic heterocycles. The van der Waals surface area contributed by atoms with Crippen molar-refractivity contribution in [1.29, 1.82) is 0 Å². The van der Waals surface area contributed by atoms with Crippen molar-refractivity contribution in [2.45, 2.75) is 22.8 Å². The molecule has 8 nitrogen and oxygen atoms in total. The molecule has 1 aromatic carbocycles. The van der Waals surface area contributed by atoms with Gasteiger partial charge in [-0.25, -0.2) is 21.1 Å². The summed E-state index contributed by atoms with van der Waals surface area (Å²) < 4.78 is 51.4. The van der Waals surface area contributed by atoms with Gasteiger partial charge in [-0.3, -0.25) is 4.79 Å². The van der Waals surface area contributed by atoms with Gasteiger partial charge in [-0.2, -0.15) is 4.72 Å². The lowest BCUT2D eigenvalue weighted by Crippen LogP contribution is -2.39. The maximum absolute atomic E-state index is 12.2. The third-order valence-electron chi connectivity index (χ3n) is 2.60. The Labute approximate surface area is 123 Å². The van der Waals surface area contributed by atoms with Crippen LogP contribution in [-0.2, 0) is 24.8 Å². The zero-order chi connectivity index (χ0) is 16.4. The van der Waals surface area contributed by atoms with Crippen LogP contribution in [0, 0.1) is 0 Å². The van der Waals surface area contributed by atoms with Crippen molar-refractivity contribution in [2.75, 3.05) is 14.1 Å². The fourth-order valence-electron chi connectivity index (χ4n) is 1.43. The Hall–Kier alpha value is -1.49. The monoisotopic (exact) mass is 336 g/mol. The Morgan fingerprint density at radius 3 is 2.05 bits per heavy atom. The second kappa shape index (κ2) is 6.10. The van der Waals surface area contributed by atoms with E-state index in [1.165, 1.54) is 26.2 Å². The Balaban J connectivity index is 3.43. The van der Waals surface area contributed by atoms with Gasteiger partial charge < -0.3 is 5.11 Å². The molecule has 0 spiro atoms. The first-order valence-corrected chi connectivity index (χ1v) is 8.69. The number of hydrogen-bond donors (Lipinski definition) is 2. The van der Waals surface area contributed by atoms with Gasteiger partial charge in [0.05, 0.1) is 0 Å². The van der Waals surface area contributed by atoms with Crippen LogP contribution in [0.1, 0.15) is 6.92 Å². The van der Waals surface area contributed by atoms with Crippen LogP contribution in [0.2, 0.25) is 0 Å². The molecule has 0 radical (unpaired) electrons. The van der Waals surface area contributed by atoms with Crippen molar-refractivity contribution in [3.63, 3.8) is 0 Å². The fraction of sp³-hybridized carbons (Fsp3) is 0.364. The molecule has 0 bridgehead atoms. The average Bonchev–Trinajstić information content (AvgIpc) is 2.37. The molecule has 0 aliphatic heterocycles. The van der Waals surface area contributed by atoms with Crippen molar-refractivity contribution in [2.24, 2.45) is 0 Å². The van der Waals surface area contributed by atoms with E-state index in [2.05, 4.69) is 0 Å². The number of aliphatic carboxylic acids is 1. The highest BCUT2D eigenvalue weighted by molar-refractivity contribution is 7.92. The summed E-state index contributed by atoms with van der Waals surface area (Å²) in [5.41, 5.74) is 0. The summed E-state index contributed by atoms with van der Waals surface area (Å²) >= 11 is 0. The van der Waals surface area contributed by atoms with E-state index in [1.807, 2.05) is 4.72 Å². The number of carboxylic acids is 1. The highest BCUT2D eigenvalue weighted by atomic mass is 32.2. The van der Waals surface area contributed by atoms with Gasteiger partial charge in [0.2, 0.25) is 20.0 Å². The first kappa shape index (κ1) is 17.6. The summed E-state index contributed by atoms with van der Waals surface area (Å²) in [7, 11) is -5.73. The standard InChI is InChI=1S/C11H16N2O6S2/c1-8(11(14)15)12-20(16,17)9-6-4-5-7-10(9)21(18,19)13(2)3/h4-8,12H,1-3H3,(H,14,15)/t8-/m0/s1. The molecule has 0 heterocycles. The molecule has 0 unspecified atom stereocenters. The molecule has 1 rings (SSSR count). The minimum atomic E-state index is -4.29. The predicted molar refractivity (Wildman–Crippen MR) is 74.7 cm³/mol. The van der Waals surface area contributed by atoms with Crippen LogP contribution in [0.4, 0.5) is 0 Å². The van der Waals surface area contributed by atoms with E-state index in [9.17, 15) is 21.6 Å². The van der Waals surface area contributed by atoms with Crippen LogP contribution in [0.3, 0.4) is 0 Å². The minimum absolute atomic E-state index is 0.417. The van der Waals surface area contributed by atoms with Crippen LogP contribution in [0.25, 0.3) is 0 Å². The number of nitrogens with one attached hydrogen (secondary N) is 1. The van der Waals surface area contributed by atoms with Crippen molar-refractivity contribution in [3.8, 4) is 0 Å². The molecule has 0 aliphatic rings. The SMILES string of the molecule is C[C@H](NS(=O)(=O)c1ccccc1S(=O)(=O)N(C)C)C(=O)O. The summed E-state index contributed by atoms with van der Waals surface area (Å²) in [5, 5.41) is 8.76. The molecule has 1 aromatic rings. The van der Waals surface area contributed by atoms with Gasteiger partial charge in [0.1, 0.15) is 15.8 Å². The Morgan fingerprint density at radius 2 is 1.62 bits per heavy atom. The number of hydrogen-bond acceptors (Lipinski definition) is 5. The first-order valence-electron chi connectivity index (χ1n) is 5.77. The quantitative estimate of drug-likeness (QED) is 0.735. The maximum atomic E-state index is 12.2. The van der Waals surface area contributed by atoms with Crippen molar-refractivity contribution >= 4 is 26.0 Å². The van der Waals surface area contributed by atoms with Gasteiger partial charge in [0.25, 0.3) is 0 Å².